The Balaban J connectivity index is 1.42. The van der Waals surface area contributed by atoms with Crippen LogP contribution in [0.5, 0.6) is 0 Å². The van der Waals surface area contributed by atoms with Gasteiger partial charge >= 0.3 is 6.09 Å². The lowest BCUT2D eigenvalue weighted by Gasteiger charge is -2.42. The fourth-order valence-electron chi connectivity index (χ4n) is 4.50. The van der Waals surface area contributed by atoms with Crippen LogP contribution >= 0.6 is 0 Å². The third kappa shape index (κ3) is 3.17. The first-order valence-corrected chi connectivity index (χ1v) is 9.20. The summed E-state index contributed by atoms with van der Waals surface area (Å²) < 4.78 is 25.3. The summed E-state index contributed by atoms with van der Waals surface area (Å²) in [5.41, 5.74) is 0.838. The summed E-state index contributed by atoms with van der Waals surface area (Å²) in [6.45, 7) is 1.95. The van der Waals surface area contributed by atoms with Gasteiger partial charge in [0.05, 0.1) is 18.7 Å². The molecule has 3 aliphatic rings. The van der Waals surface area contributed by atoms with Gasteiger partial charge in [-0.3, -0.25) is 4.79 Å². The molecular formula is C19H23FN2O5. The van der Waals surface area contributed by atoms with E-state index in [0.717, 1.165) is 5.56 Å². The lowest BCUT2D eigenvalue weighted by Crippen LogP contribution is -2.61. The highest BCUT2D eigenvalue weighted by atomic mass is 19.1. The summed E-state index contributed by atoms with van der Waals surface area (Å²) in [6, 6.07) is 7.07. The van der Waals surface area contributed by atoms with E-state index >= 15 is 0 Å². The van der Waals surface area contributed by atoms with Crippen LogP contribution in [0.3, 0.4) is 0 Å². The second kappa shape index (κ2) is 7.09. The van der Waals surface area contributed by atoms with Crippen LogP contribution in [-0.4, -0.2) is 65.1 Å². The van der Waals surface area contributed by atoms with Crippen LogP contribution in [0.4, 0.5) is 9.18 Å². The molecule has 27 heavy (non-hydrogen) atoms. The number of aliphatic hydroxyl groups excluding tert-OH is 1. The number of fused-ring (bicyclic) bond motifs is 3. The van der Waals surface area contributed by atoms with Crippen molar-refractivity contribution in [2.75, 3.05) is 6.61 Å². The number of alkyl halides is 1. The van der Waals surface area contributed by atoms with Crippen LogP contribution in [0.25, 0.3) is 0 Å². The number of ether oxygens (including phenoxy) is 2. The molecule has 2 amide bonds. The van der Waals surface area contributed by atoms with Gasteiger partial charge in [0.15, 0.2) is 0 Å². The number of carbonyl (C=O) groups is 2. The molecule has 1 aromatic rings. The van der Waals surface area contributed by atoms with Gasteiger partial charge in [-0.05, 0) is 17.9 Å². The number of nitrogens with zero attached hydrogens (tertiary/aromatic N) is 1. The molecule has 3 heterocycles. The van der Waals surface area contributed by atoms with Gasteiger partial charge in [0, 0.05) is 0 Å². The van der Waals surface area contributed by atoms with E-state index in [0.29, 0.717) is 6.42 Å². The van der Waals surface area contributed by atoms with E-state index in [1.54, 1.807) is 0 Å². The van der Waals surface area contributed by atoms with E-state index in [9.17, 15) is 19.1 Å². The molecule has 3 saturated heterocycles. The van der Waals surface area contributed by atoms with Crippen molar-refractivity contribution in [2.45, 2.75) is 56.5 Å². The molecule has 0 aromatic heterocycles. The molecule has 0 radical (unpaired) electrons. The number of alkyl carbamates (subject to hydrolysis) is 1. The van der Waals surface area contributed by atoms with Crippen molar-refractivity contribution in [3.05, 3.63) is 35.9 Å². The zero-order valence-electron chi connectivity index (χ0n) is 15.0. The van der Waals surface area contributed by atoms with Crippen LogP contribution in [-0.2, 0) is 20.9 Å². The van der Waals surface area contributed by atoms with Crippen molar-refractivity contribution in [2.24, 2.45) is 5.92 Å². The number of hydrogen-bond donors (Lipinski definition) is 2. The number of piperidine rings is 1. The van der Waals surface area contributed by atoms with E-state index in [1.165, 1.54) is 4.90 Å². The van der Waals surface area contributed by atoms with Crippen molar-refractivity contribution in [1.82, 2.24) is 10.2 Å². The number of aliphatic hydroxyl groups is 1. The van der Waals surface area contributed by atoms with E-state index in [-0.39, 0.29) is 19.1 Å². The van der Waals surface area contributed by atoms with Gasteiger partial charge < -0.3 is 24.8 Å². The van der Waals surface area contributed by atoms with Gasteiger partial charge in [-0.2, -0.15) is 0 Å². The Kier molecular flexibility index (Phi) is 4.77. The van der Waals surface area contributed by atoms with Crippen molar-refractivity contribution in [3.63, 3.8) is 0 Å². The van der Waals surface area contributed by atoms with Crippen LogP contribution in [0.2, 0.25) is 0 Å². The smallest absolute Gasteiger partial charge is 0.408 e. The Bertz CT molecular complexity index is 715. The molecule has 4 rings (SSSR count). The first kappa shape index (κ1) is 18.2. The molecule has 2 unspecified atom stereocenters. The normalized spacial score (nSPS) is 37.7. The lowest BCUT2D eigenvalue weighted by atomic mass is 9.86. The number of hydrogen-bond acceptors (Lipinski definition) is 5. The van der Waals surface area contributed by atoms with Gasteiger partial charge in [0.25, 0.3) is 0 Å². The monoisotopic (exact) mass is 378 g/mol. The van der Waals surface area contributed by atoms with Crippen LogP contribution in [0.15, 0.2) is 30.3 Å². The maximum absolute atomic E-state index is 14.8. The van der Waals surface area contributed by atoms with E-state index in [2.05, 4.69) is 5.32 Å². The minimum atomic E-state index is -1.34. The van der Waals surface area contributed by atoms with Crippen molar-refractivity contribution >= 4 is 12.0 Å². The summed E-state index contributed by atoms with van der Waals surface area (Å²) in [7, 11) is 0. The molecule has 1 aromatic carbocycles. The lowest BCUT2D eigenvalue weighted by molar-refractivity contribution is -0.144. The van der Waals surface area contributed by atoms with E-state index in [4.69, 9.17) is 9.47 Å². The maximum atomic E-state index is 14.8. The molecule has 0 bridgehead atoms. The maximum Gasteiger partial charge on any atom is 0.408 e. The third-order valence-corrected chi connectivity index (χ3v) is 5.72. The molecule has 3 fully saturated rings. The largest absolute Gasteiger partial charge is 0.445 e. The fraction of sp³-hybridized carbons (Fsp3) is 0.579. The topological polar surface area (TPSA) is 88.1 Å². The fourth-order valence-corrected chi connectivity index (χ4v) is 4.50. The molecule has 2 N–H and O–H groups in total. The highest BCUT2D eigenvalue weighted by Gasteiger charge is 2.61. The number of benzene rings is 1. The molecule has 7 nitrogen and oxygen atoms in total. The van der Waals surface area contributed by atoms with Gasteiger partial charge in [-0.15, -0.1) is 0 Å². The number of rotatable bonds is 3. The average Bonchev–Trinajstić information content (AvgIpc) is 3.18. The first-order chi connectivity index (χ1) is 13.0. The molecule has 8 heteroatoms. The molecule has 0 saturated carbocycles. The predicted octanol–water partition coefficient (Wildman–Crippen LogP) is 0.998. The second-order valence-electron chi connectivity index (χ2n) is 7.51. The summed E-state index contributed by atoms with van der Waals surface area (Å²) in [5, 5.41) is 12.7. The van der Waals surface area contributed by atoms with Crippen LogP contribution in [0.1, 0.15) is 18.9 Å². The van der Waals surface area contributed by atoms with Crippen molar-refractivity contribution < 1.29 is 28.6 Å². The van der Waals surface area contributed by atoms with E-state index in [1.807, 2.05) is 37.3 Å². The summed E-state index contributed by atoms with van der Waals surface area (Å²) in [6.07, 6.45) is -3.44. The Hall–Kier alpha value is -2.19. The highest BCUT2D eigenvalue weighted by molar-refractivity contribution is 5.87. The van der Waals surface area contributed by atoms with Crippen molar-refractivity contribution in [3.8, 4) is 0 Å². The highest BCUT2D eigenvalue weighted by Crippen LogP contribution is 2.42. The standard InChI is InChI=1S/C19H23FN2O5/c1-10-7-12(21-19(25)27-8-11-5-3-2-4-6-11)18(24)22-15(10)14(20)17-16(22)13(23)9-26-17/h2-6,10,12-17,23H,7-9H2,1H3,(H,21,25)/t10?,12-,13-,14-,15?,16+,17+/m0/s1. The number of amides is 2. The second-order valence-corrected chi connectivity index (χ2v) is 7.51. The Morgan fingerprint density at radius 2 is 2.11 bits per heavy atom. The van der Waals surface area contributed by atoms with Gasteiger partial charge in [0.1, 0.15) is 31.0 Å². The quantitative estimate of drug-likeness (QED) is 0.819. The first-order valence-electron chi connectivity index (χ1n) is 9.20. The Morgan fingerprint density at radius 3 is 2.85 bits per heavy atom. The van der Waals surface area contributed by atoms with Crippen LogP contribution < -0.4 is 5.32 Å². The zero-order valence-corrected chi connectivity index (χ0v) is 15.0. The minimum Gasteiger partial charge on any atom is -0.445 e. The number of carbonyl (C=O) groups excluding carboxylic acids is 2. The summed E-state index contributed by atoms with van der Waals surface area (Å²) in [5.74, 6) is -0.576. The van der Waals surface area contributed by atoms with Gasteiger partial charge in [0.2, 0.25) is 5.91 Å². The predicted molar refractivity (Wildman–Crippen MR) is 92.4 cm³/mol. The number of nitrogens with one attached hydrogen (secondary N) is 1. The number of halogens is 1. The zero-order chi connectivity index (χ0) is 19.1. The molecule has 7 atom stereocenters. The average molecular weight is 378 g/mol. The molecule has 3 aliphatic heterocycles. The van der Waals surface area contributed by atoms with Gasteiger partial charge in [-0.1, -0.05) is 37.3 Å². The minimum absolute atomic E-state index is 0.0118. The SMILES string of the molecule is CC1C[C@H](NC(=O)OCc2ccccc2)C(=O)N2C1[C@H](F)[C@H]1OC[C@H](O)[C@H]12. The molecular weight excluding hydrogens is 355 g/mol. The molecule has 146 valence electrons. The van der Waals surface area contributed by atoms with Crippen molar-refractivity contribution in [1.29, 1.82) is 0 Å². The third-order valence-electron chi connectivity index (χ3n) is 5.72. The van der Waals surface area contributed by atoms with E-state index < -0.39 is 48.5 Å². The summed E-state index contributed by atoms with van der Waals surface area (Å²) >= 11 is 0. The Morgan fingerprint density at radius 1 is 1.37 bits per heavy atom. The molecule has 0 spiro atoms. The van der Waals surface area contributed by atoms with Gasteiger partial charge in [-0.25, -0.2) is 9.18 Å². The van der Waals surface area contributed by atoms with Crippen LogP contribution in [0, 0.1) is 5.92 Å². The Labute approximate surface area is 156 Å². The summed E-state index contributed by atoms with van der Waals surface area (Å²) in [4.78, 5) is 26.4. The molecule has 0 aliphatic carbocycles.